The standard InChI is InChI=1S/C13H19NO3/c1-2-3-4-5-6-8-14-9-7-11(13(16)17)10-12(14)15/h7,9-10H,2-6,8H2,1H3,(H,16,17). The van der Waals surface area contributed by atoms with Gasteiger partial charge in [0.25, 0.3) is 5.56 Å². The van der Waals surface area contributed by atoms with E-state index in [0.717, 1.165) is 12.8 Å². The predicted molar refractivity (Wildman–Crippen MR) is 66.4 cm³/mol. The Morgan fingerprint density at radius 2 is 2.00 bits per heavy atom. The molecule has 0 aliphatic rings. The second kappa shape index (κ2) is 6.89. The van der Waals surface area contributed by atoms with Crippen LogP contribution in [0.2, 0.25) is 0 Å². The molecule has 0 aliphatic carbocycles. The third-order valence-corrected chi connectivity index (χ3v) is 2.75. The molecule has 0 aromatic carbocycles. The first kappa shape index (κ1) is 13.5. The number of unbranched alkanes of at least 4 members (excludes halogenated alkanes) is 4. The molecule has 0 atom stereocenters. The number of nitrogens with zero attached hydrogens (tertiary/aromatic N) is 1. The van der Waals surface area contributed by atoms with E-state index in [1.807, 2.05) is 0 Å². The summed E-state index contributed by atoms with van der Waals surface area (Å²) in [5.74, 6) is -1.06. The number of carboxylic acids is 1. The minimum Gasteiger partial charge on any atom is -0.478 e. The lowest BCUT2D eigenvalue weighted by Crippen LogP contribution is -2.20. The maximum absolute atomic E-state index is 11.6. The number of aromatic nitrogens is 1. The van der Waals surface area contributed by atoms with Crippen molar-refractivity contribution in [2.75, 3.05) is 0 Å². The van der Waals surface area contributed by atoms with Gasteiger partial charge in [-0.2, -0.15) is 0 Å². The van der Waals surface area contributed by atoms with Gasteiger partial charge in [-0.15, -0.1) is 0 Å². The van der Waals surface area contributed by atoms with Crippen LogP contribution >= 0.6 is 0 Å². The van der Waals surface area contributed by atoms with E-state index in [1.54, 1.807) is 10.8 Å². The zero-order valence-corrected chi connectivity index (χ0v) is 10.2. The molecule has 0 unspecified atom stereocenters. The Balaban J connectivity index is 2.49. The summed E-state index contributed by atoms with van der Waals surface area (Å²) >= 11 is 0. The number of carboxylic acid groups (broad SMARTS) is 1. The van der Waals surface area contributed by atoms with E-state index >= 15 is 0 Å². The Kier molecular flexibility index (Phi) is 5.46. The fraction of sp³-hybridized carbons (Fsp3) is 0.538. The molecule has 0 radical (unpaired) electrons. The van der Waals surface area contributed by atoms with Gasteiger partial charge in [0.2, 0.25) is 0 Å². The van der Waals surface area contributed by atoms with Crippen LogP contribution in [0.15, 0.2) is 23.1 Å². The summed E-state index contributed by atoms with van der Waals surface area (Å²) in [6, 6.07) is 2.64. The number of rotatable bonds is 7. The minimum atomic E-state index is -1.06. The van der Waals surface area contributed by atoms with Crippen LogP contribution in [0.1, 0.15) is 49.4 Å². The van der Waals surface area contributed by atoms with E-state index in [9.17, 15) is 9.59 Å². The topological polar surface area (TPSA) is 59.3 Å². The lowest BCUT2D eigenvalue weighted by molar-refractivity contribution is 0.0696. The van der Waals surface area contributed by atoms with Crippen molar-refractivity contribution in [3.8, 4) is 0 Å². The lowest BCUT2D eigenvalue weighted by Gasteiger charge is -2.05. The molecule has 0 saturated carbocycles. The van der Waals surface area contributed by atoms with Crippen molar-refractivity contribution in [3.63, 3.8) is 0 Å². The molecule has 0 spiro atoms. The van der Waals surface area contributed by atoms with Gasteiger partial charge in [0.1, 0.15) is 0 Å². The molecule has 94 valence electrons. The Bertz CT molecular complexity index is 423. The number of hydrogen-bond acceptors (Lipinski definition) is 2. The van der Waals surface area contributed by atoms with Crippen molar-refractivity contribution in [2.24, 2.45) is 0 Å². The summed E-state index contributed by atoms with van der Waals surface area (Å²) < 4.78 is 1.57. The molecule has 4 nitrogen and oxygen atoms in total. The van der Waals surface area contributed by atoms with Crippen LogP contribution in [0.25, 0.3) is 0 Å². The van der Waals surface area contributed by atoms with E-state index in [2.05, 4.69) is 6.92 Å². The first-order chi connectivity index (χ1) is 8.15. The third-order valence-electron chi connectivity index (χ3n) is 2.75. The molecule has 4 heteroatoms. The number of aromatic carboxylic acids is 1. The SMILES string of the molecule is CCCCCCCn1ccc(C(=O)O)cc1=O. The molecule has 1 aromatic rings. The molecule has 1 rings (SSSR count). The Morgan fingerprint density at radius 3 is 2.59 bits per heavy atom. The van der Waals surface area contributed by atoms with E-state index in [0.29, 0.717) is 6.54 Å². The molecule has 1 heterocycles. The Hall–Kier alpha value is -1.58. The summed E-state index contributed by atoms with van der Waals surface area (Å²) in [6.45, 7) is 2.83. The van der Waals surface area contributed by atoms with Crippen LogP contribution in [0, 0.1) is 0 Å². The van der Waals surface area contributed by atoms with Gasteiger partial charge >= 0.3 is 5.97 Å². The Morgan fingerprint density at radius 1 is 1.29 bits per heavy atom. The second-order valence-corrected chi connectivity index (χ2v) is 4.17. The smallest absolute Gasteiger partial charge is 0.335 e. The van der Waals surface area contributed by atoms with Gasteiger partial charge in [-0.1, -0.05) is 32.6 Å². The van der Waals surface area contributed by atoms with Crippen LogP contribution in [-0.2, 0) is 6.54 Å². The van der Waals surface area contributed by atoms with Gasteiger partial charge in [-0.25, -0.2) is 4.79 Å². The van der Waals surface area contributed by atoms with Crippen molar-refractivity contribution in [1.29, 1.82) is 0 Å². The van der Waals surface area contributed by atoms with Crippen LogP contribution in [-0.4, -0.2) is 15.6 Å². The van der Waals surface area contributed by atoms with Crippen molar-refractivity contribution in [2.45, 2.75) is 45.6 Å². The van der Waals surface area contributed by atoms with Crippen molar-refractivity contribution in [3.05, 3.63) is 34.2 Å². The first-order valence-corrected chi connectivity index (χ1v) is 6.09. The molecule has 17 heavy (non-hydrogen) atoms. The van der Waals surface area contributed by atoms with Gasteiger partial charge in [-0.05, 0) is 12.5 Å². The van der Waals surface area contributed by atoms with Crippen LogP contribution in [0.4, 0.5) is 0 Å². The minimum absolute atomic E-state index is 0.0530. The third kappa shape index (κ3) is 4.43. The van der Waals surface area contributed by atoms with Gasteiger partial charge in [0.05, 0.1) is 5.56 Å². The van der Waals surface area contributed by atoms with Crippen LogP contribution in [0.3, 0.4) is 0 Å². The van der Waals surface area contributed by atoms with E-state index < -0.39 is 5.97 Å². The molecule has 0 fully saturated rings. The highest BCUT2D eigenvalue weighted by molar-refractivity contribution is 5.87. The maximum Gasteiger partial charge on any atom is 0.335 e. The number of aryl methyl sites for hydroxylation is 1. The van der Waals surface area contributed by atoms with Crippen molar-refractivity contribution in [1.82, 2.24) is 4.57 Å². The van der Waals surface area contributed by atoms with Crippen molar-refractivity contribution < 1.29 is 9.90 Å². The normalized spacial score (nSPS) is 10.4. The zero-order chi connectivity index (χ0) is 12.7. The van der Waals surface area contributed by atoms with Gasteiger partial charge in [-0.3, -0.25) is 4.79 Å². The summed E-state index contributed by atoms with van der Waals surface area (Å²) in [7, 11) is 0. The van der Waals surface area contributed by atoms with Gasteiger partial charge in [0, 0.05) is 18.8 Å². The number of carbonyl (C=O) groups is 1. The molecular formula is C13H19NO3. The zero-order valence-electron chi connectivity index (χ0n) is 10.2. The predicted octanol–water partition coefficient (Wildman–Crippen LogP) is 2.52. The second-order valence-electron chi connectivity index (χ2n) is 4.17. The van der Waals surface area contributed by atoms with E-state index in [-0.39, 0.29) is 11.1 Å². The monoisotopic (exact) mass is 237 g/mol. The van der Waals surface area contributed by atoms with Crippen LogP contribution < -0.4 is 5.56 Å². The fourth-order valence-electron chi connectivity index (χ4n) is 1.71. The number of pyridine rings is 1. The molecule has 0 bridgehead atoms. The van der Waals surface area contributed by atoms with Gasteiger partial charge in [0.15, 0.2) is 0 Å². The van der Waals surface area contributed by atoms with Crippen molar-refractivity contribution >= 4 is 5.97 Å². The largest absolute Gasteiger partial charge is 0.478 e. The summed E-state index contributed by atoms with van der Waals surface area (Å²) in [5, 5.41) is 8.73. The highest BCUT2D eigenvalue weighted by Gasteiger charge is 2.04. The molecule has 0 saturated heterocycles. The fourth-order valence-corrected chi connectivity index (χ4v) is 1.71. The molecule has 1 aromatic heterocycles. The van der Waals surface area contributed by atoms with E-state index in [1.165, 1.54) is 31.4 Å². The summed E-state index contributed by atoms with van der Waals surface area (Å²) in [5.41, 5.74) is -0.183. The summed E-state index contributed by atoms with van der Waals surface area (Å²) in [6.07, 6.45) is 7.26. The average molecular weight is 237 g/mol. The first-order valence-electron chi connectivity index (χ1n) is 6.09. The van der Waals surface area contributed by atoms with E-state index in [4.69, 9.17) is 5.11 Å². The van der Waals surface area contributed by atoms with Gasteiger partial charge < -0.3 is 9.67 Å². The maximum atomic E-state index is 11.6. The molecule has 0 amide bonds. The molecular weight excluding hydrogens is 218 g/mol. The highest BCUT2D eigenvalue weighted by Crippen LogP contribution is 2.03. The quantitative estimate of drug-likeness (QED) is 0.741. The number of hydrogen-bond donors (Lipinski definition) is 1. The summed E-state index contributed by atoms with van der Waals surface area (Å²) in [4.78, 5) is 22.2. The average Bonchev–Trinajstić information content (AvgIpc) is 2.30. The Labute approximate surface area is 101 Å². The van der Waals surface area contributed by atoms with Crippen LogP contribution in [0.5, 0.6) is 0 Å². The molecule has 1 N–H and O–H groups in total. The molecule has 0 aliphatic heterocycles. The lowest BCUT2D eigenvalue weighted by atomic mass is 10.1. The highest BCUT2D eigenvalue weighted by atomic mass is 16.4.